The van der Waals surface area contributed by atoms with Crippen LogP contribution in [-0.2, 0) is 6.54 Å². The Morgan fingerprint density at radius 3 is 2.81 bits per heavy atom. The van der Waals surface area contributed by atoms with E-state index in [1.54, 1.807) is 12.1 Å². The minimum atomic E-state index is -0.454. The number of aromatic nitrogens is 3. The maximum absolute atomic E-state index is 11.3. The predicted octanol–water partition coefficient (Wildman–Crippen LogP) is 1.86. The zero-order chi connectivity index (χ0) is 18.1. The van der Waals surface area contributed by atoms with Gasteiger partial charge in [-0.2, -0.15) is 5.10 Å². The number of amides is 1. The van der Waals surface area contributed by atoms with Crippen LogP contribution in [0.15, 0.2) is 42.5 Å². The van der Waals surface area contributed by atoms with E-state index in [1.807, 2.05) is 6.07 Å². The van der Waals surface area contributed by atoms with E-state index in [9.17, 15) is 4.79 Å². The Morgan fingerprint density at radius 2 is 2.00 bits per heavy atom. The number of benzene rings is 2. The van der Waals surface area contributed by atoms with Crippen LogP contribution in [0.4, 0.5) is 0 Å². The van der Waals surface area contributed by atoms with Crippen molar-refractivity contribution in [1.29, 1.82) is 0 Å². The topological polar surface area (TPSA) is 126 Å². The van der Waals surface area contributed by atoms with Crippen molar-refractivity contribution in [2.45, 2.75) is 6.54 Å². The molecule has 0 radical (unpaired) electrons. The summed E-state index contributed by atoms with van der Waals surface area (Å²) in [5.41, 5.74) is 16.1. The molecule has 7 nitrogen and oxygen atoms in total. The second kappa shape index (κ2) is 6.62. The molecule has 0 unspecified atom stereocenters. The van der Waals surface area contributed by atoms with Crippen molar-refractivity contribution in [3.05, 3.63) is 53.6 Å². The van der Waals surface area contributed by atoms with Crippen LogP contribution in [0.2, 0.25) is 0 Å². The zero-order valence-corrected chi connectivity index (χ0v) is 14.2. The minimum absolute atomic E-state index is 0.454. The van der Waals surface area contributed by atoms with Gasteiger partial charge in [0.25, 0.3) is 0 Å². The van der Waals surface area contributed by atoms with Gasteiger partial charge in [-0.1, -0.05) is 6.07 Å². The summed E-state index contributed by atoms with van der Waals surface area (Å²) in [6, 6.07) is 13.7. The van der Waals surface area contributed by atoms with E-state index >= 15 is 0 Å². The van der Waals surface area contributed by atoms with Gasteiger partial charge in [-0.05, 0) is 42.0 Å². The standard InChI is InChI=1S/C19H20N6O/c20-5-6-22-10-11-1-4-15-13(7-11)9-17(23-15)18-14-3-2-12(19(21)26)8-16(14)24-25-18/h1-4,7-9,22-23H,5-6,10,20H2,(H2,21,26)(H,24,25). The Morgan fingerprint density at radius 1 is 1.12 bits per heavy atom. The van der Waals surface area contributed by atoms with Crippen molar-refractivity contribution in [3.8, 4) is 11.4 Å². The number of nitrogens with two attached hydrogens (primary N) is 2. The number of hydrogen-bond acceptors (Lipinski definition) is 4. The first-order valence-corrected chi connectivity index (χ1v) is 8.46. The SMILES string of the molecule is NCCNCc1ccc2[nH]c(-c3n[nH]c4cc(C(N)=O)ccc34)cc2c1. The van der Waals surface area contributed by atoms with Crippen molar-refractivity contribution in [1.82, 2.24) is 20.5 Å². The van der Waals surface area contributed by atoms with E-state index in [0.717, 1.165) is 46.3 Å². The maximum atomic E-state index is 11.3. The summed E-state index contributed by atoms with van der Waals surface area (Å²) in [7, 11) is 0. The van der Waals surface area contributed by atoms with Gasteiger partial charge in [0.15, 0.2) is 0 Å². The first kappa shape index (κ1) is 16.3. The molecule has 2 heterocycles. The molecule has 1 amide bonds. The number of nitrogens with zero attached hydrogens (tertiary/aromatic N) is 1. The van der Waals surface area contributed by atoms with Crippen LogP contribution < -0.4 is 16.8 Å². The predicted molar refractivity (Wildman–Crippen MR) is 103 cm³/mol. The quantitative estimate of drug-likeness (QED) is 0.341. The summed E-state index contributed by atoms with van der Waals surface area (Å²) >= 11 is 0. The summed E-state index contributed by atoms with van der Waals surface area (Å²) in [5.74, 6) is -0.454. The van der Waals surface area contributed by atoms with Gasteiger partial charge in [0.1, 0.15) is 5.69 Å². The lowest BCUT2D eigenvalue weighted by molar-refractivity contribution is 0.100. The Labute approximate surface area is 149 Å². The molecule has 2 aromatic carbocycles. The molecule has 26 heavy (non-hydrogen) atoms. The van der Waals surface area contributed by atoms with Gasteiger partial charge in [0, 0.05) is 41.5 Å². The normalized spacial score (nSPS) is 11.4. The highest BCUT2D eigenvalue weighted by atomic mass is 16.1. The molecule has 2 aromatic heterocycles. The molecule has 0 atom stereocenters. The average Bonchev–Trinajstić information content (AvgIpc) is 3.24. The van der Waals surface area contributed by atoms with Crippen LogP contribution in [0.5, 0.6) is 0 Å². The van der Waals surface area contributed by atoms with Crippen molar-refractivity contribution >= 4 is 27.7 Å². The minimum Gasteiger partial charge on any atom is -0.366 e. The van der Waals surface area contributed by atoms with E-state index in [2.05, 4.69) is 44.8 Å². The number of nitrogens with one attached hydrogen (secondary N) is 3. The number of carbonyl (C=O) groups is 1. The molecule has 0 aliphatic rings. The van der Waals surface area contributed by atoms with Crippen molar-refractivity contribution < 1.29 is 4.79 Å². The lowest BCUT2D eigenvalue weighted by Gasteiger charge is -2.02. The third-order valence-corrected chi connectivity index (χ3v) is 4.44. The number of H-pyrrole nitrogens is 2. The third-order valence-electron chi connectivity index (χ3n) is 4.44. The van der Waals surface area contributed by atoms with Crippen LogP contribution in [0.1, 0.15) is 15.9 Å². The van der Waals surface area contributed by atoms with Gasteiger partial charge < -0.3 is 21.8 Å². The number of hydrogen-bond donors (Lipinski definition) is 5. The van der Waals surface area contributed by atoms with Gasteiger partial charge in [0.2, 0.25) is 5.91 Å². The molecule has 0 spiro atoms. The first-order chi connectivity index (χ1) is 12.7. The largest absolute Gasteiger partial charge is 0.366 e. The first-order valence-electron chi connectivity index (χ1n) is 8.46. The van der Waals surface area contributed by atoms with Gasteiger partial charge in [0.05, 0.1) is 11.2 Å². The Balaban J connectivity index is 1.70. The number of aromatic amines is 2. The van der Waals surface area contributed by atoms with Crippen LogP contribution in [0.25, 0.3) is 33.2 Å². The summed E-state index contributed by atoms with van der Waals surface area (Å²) in [6.07, 6.45) is 0. The van der Waals surface area contributed by atoms with Gasteiger partial charge in [-0.25, -0.2) is 0 Å². The van der Waals surface area contributed by atoms with E-state index in [4.69, 9.17) is 11.5 Å². The van der Waals surface area contributed by atoms with Crippen LogP contribution in [-0.4, -0.2) is 34.2 Å². The molecule has 0 saturated heterocycles. The maximum Gasteiger partial charge on any atom is 0.248 e. The van der Waals surface area contributed by atoms with E-state index < -0.39 is 5.91 Å². The van der Waals surface area contributed by atoms with Gasteiger partial charge in [-0.3, -0.25) is 9.89 Å². The second-order valence-corrected chi connectivity index (χ2v) is 6.27. The zero-order valence-electron chi connectivity index (χ0n) is 14.2. The lowest BCUT2D eigenvalue weighted by Crippen LogP contribution is -2.21. The molecule has 4 rings (SSSR count). The molecule has 7 heteroatoms. The van der Waals surface area contributed by atoms with Gasteiger partial charge in [-0.15, -0.1) is 0 Å². The molecule has 0 aliphatic carbocycles. The fourth-order valence-electron chi connectivity index (χ4n) is 3.13. The highest BCUT2D eigenvalue weighted by molar-refractivity contribution is 6.00. The van der Waals surface area contributed by atoms with E-state index in [1.165, 1.54) is 5.56 Å². The Bertz CT molecular complexity index is 1090. The average molecular weight is 348 g/mol. The van der Waals surface area contributed by atoms with Crippen molar-refractivity contribution in [3.63, 3.8) is 0 Å². The van der Waals surface area contributed by atoms with Gasteiger partial charge >= 0.3 is 0 Å². The molecule has 0 saturated carbocycles. The van der Waals surface area contributed by atoms with Crippen LogP contribution >= 0.6 is 0 Å². The highest BCUT2D eigenvalue weighted by Gasteiger charge is 2.12. The Hall–Kier alpha value is -3.16. The summed E-state index contributed by atoms with van der Waals surface area (Å²) in [4.78, 5) is 14.7. The van der Waals surface area contributed by atoms with Crippen LogP contribution in [0, 0.1) is 0 Å². The molecule has 0 bridgehead atoms. The lowest BCUT2D eigenvalue weighted by atomic mass is 10.1. The summed E-state index contributed by atoms with van der Waals surface area (Å²) in [5, 5.41) is 12.7. The molecule has 132 valence electrons. The summed E-state index contributed by atoms with van der Waals surface area (Å²) in [6.45, 7) is 2.21. The molecule has 0 aliphatic heterocycles. The van der Waals surface area contributed by atoms with E-state index in [-0.39, 0.29) is 0 Å². The van der Waals surface area contributed by atoms with Crippen molar-refractivity contribution in [2.75, 3.05) is 13.1 Å². The molecule has 4 aromatic rings. The molecular weight excluding hydrogens is 328 g/mol. The van der Waals surface area contributed by atoms with E-state index in [0.29, 0.717) is 12.1 Å². The summed E-state index contributed by atoms with van der Waals surface area (Å²) < 4.78 is 0. The molecular formula is C19H20N6O. The van der Waals surface area contributed by atoms with Crippen LogP contribution in [0.3, 0.4) is 0 Å². The molecule has 7 N–H and O–H groups in total. The monoisotopic (exact) mass is 348 g/mol. The Kier molecular flexibility index (Phi) is 4.16. The third kappa shape index (κ3) is 2.94. The fraction of sp³-hybridized carbons (Fsp3) is 0.158. The molecule has 0 fully saturated rings. The number of fused-ring (bicyclic) bond motifs is 2. The smallest absolute Gasteiger partial charge is 0.248 e. The van der Waals surface area contributed by atoms with Crippen molar-refractivity contribution in [2.24, 2.45) is 11.5 Å². The number of primary amides is 1. The fourth-order valence-corrected chi connectivity index (χ4v) is 3.13. The second-order valence-electron chi connectivity index (χ2n) is 6.27. The number of carbonyl (C=O) groups excluding carboxylic acids is 1. The number of rotatable bonds is 6. The highest BCUT2D eigenvalue weighted by Crippen LogP contribution is 2.29.